The third kappa shape index (κ3) is 54.3. The van der Waals surface area contributed by atoms with E-state index >= 15 is 0 Å². The van der Waals surface area contributed by atoms with Gasteiger partial charge in [0.05, 0.1) is 0 Å². The van der Waals surface area contributed by atoms with Crippen LogP contribution in [0.2, 0.25) is 0 Å². The first-order valence-corrected chi connectivity index (χ1v) is 29.6. The molecule has 0 aliphatic heterocycles. The van der Waals surface area contributed by atoms with Gasteiger partial charge in [0.2, 0.25) is 0 Å². The number of hydrogen-bond donors (Lipinski definition) is 0. The Bertz CT molecular complexity index is 1190. The lowest BCUT2D eigenvalue weighted by molar-refractivity contribution is -0.167. The van der Waals surface area contributed by atoms with Crippen LogP contribution in [0.1, 0.15) is 310 Å². The highest BCUT2D eigenvalue weighted by Gasteiger charge is 2.19. The molecule has 68 heavy (non-hydrogen) atoms. The fourth-order valence-corrected chi connectivity index (χ4v) is 8.67. The lowest BCUT2D eigenvalue weighted by atomic mass is 10.0. The van der Waals surface area contributed by atoms with Gasteiger partial charge in [-0.3, -0.25) is 14.4 Å². The smallest absolute Gasteiger partial charge is 0.306 e. The molecule has 396 valence electrons. The van der Waals surface area contributed by atoms with Gasteiger partial charge in [-0.25, -0.2) is 0 Å². The molecule has 0 aliphatic carbocycles. The summed E-state index contributed by atoms with van der Waals surface area (Å²) in [5.74, 6) is -0.909. The summed E-state index contributed by atoms with van der Waals surface area (Å²) in [7, 11) is 0. The van der Waals surface area contributed by atoms with Crippen molar-refractivity contribution in [2.75, 3.05) is 13.2 Å². The minimum atomic E-state index is -0.791. The molecular formula is C62H112O6. The molecule has 0 heterocycles. The van der Waals surface area contributed by atoms with Gasteiger partial charge in [-0.2, -0.15) is 0 Å². The molecule has 0 aromatic rings. The van der Waals surface area contributed by atoms with Crippen LogP contribution in [0.5, 0.6) is 0 Å². The van der Waals surface area contributed by atoms with Crippen molar-refractivity contribution in [3.05, 3.63) is 48.6 Å². The molecule has 0 amide bonds. The van der Waals surface area contributed by atoms with Crippen LogP contribution >= 0.6 is 0 Å². The zero-order chi connectivity index (χ0) is 49.3. The van der Waals surface area contributed by atoms with Gasteiger partial charge in [0, 0.05) is 19.3 Å². The van der Waals surface area contributed by atoms with E-state index < -0.39 is 6.10 Å². The zero-order valence-corrected chi connectivity index (χ0v) is 45.4. The first kappa shape index (κ1) is 65.4. The molecule has 0 bridgehead atoms. The molecule has 1 unspecified atom stereocenters. The van der Waals surface area contributed by atoms with Crippen LogP contribution in [0, 0.1) is 0 Å². The summed E-state index contributed by atoms with van der Waals surface area (Å²) in [6, 6.07) is 0. The number of carbonyl (C=O) groups is 3. The Morgan fingerprint density at radius 1 is 0.309 bits per heavy atom. The molecule has 1 atom stereocenters. The van der Waals surface area contributed by atoms with Crippen molar-refractivity contribution in [2.24, 2.45) is 0 Å². The molecule has 0 saturated carbocycles. The Morgan fingerprint density at radius 3 is 0.897 bits per heavy atom. The van der Waals surface area contributed by atoms with Crippen molar-refractivity contribution >= 4 is 17.9 Å². The number of unbranched alkanes of at least 4 members (excludes halogenated alkanes) is 35. The highest BCUT2D eigenvalue weighted by Crippen LogP contribution is 2.17. The van der Waals surface area contributed by atoms with Crippen LogP contribution in [-0.2, 0) is 28.6 Å². The molecule has 0 aromatic heterocycles. The molecule has 0 N–H and O–H groups in total. The van der Waals surface area contributed by atoms with Gasteiger partial charge in [0.25, 0.3) is 0 Å². The number of esters is 3. The van der Waals surface area contributed by atoms with E-state index in [1.165, 1.54) is 186 Å². The minimum Gasteiger partial charge on any atom is -0.462 e. The first-order valence-electron chi connectivity index (χ1n) is 29.6. The monoisotopic (exact) mass is 953 g/mol. The Balaban J connectivity index is 4.35. The highest BCUT2D eigenvalue weighted by molar-refractivity contribution is 5.71. The Kier molecular flexibility index (Phi) is 54.8. The van der Waals surface area contributed by atoms with E-state index in [2.05, 4.69) is 69.4 Å². The van der Waals surface area contributed by atoms with Crippen molar-refractivity contribution in [1.29, 1.82) is 0 Å². The van der Waals surface area contributed by atoms with Gasteiger partial charge in [0.1, 0.15) is 13.2 Å². The van der Waals surface area contributed by atoms with Gasteiger partial charge < -0.3 is 14.2 Å². The zero-order valence-electron chi connectivity index (χ0n) is 45.4. The second-order valence-corrected chi connectivity index (χ2v) is 19.9. The second kappa shape index (κ2) is 57.0. The topological polar surface area (TPSA) is 78.9 Å². The fourth-order valence-electron chi connectivity index (χ4n) is 8.67. The molecule has 0 spiro atoms. The van der Waals surface area contributed by atoms with E-state index in [0.29, 0.717) is 19.3 Å². The number of rotatable bonds is 54. The lowest BCUT2D eigenvalue weighted by Crippen LogP contribution is -2.30. The van der Waals surface area contributed by atoms with Crippen LogP contribution in [0.4, 0.5) is 0 Å². The van der Waals surface area contributed by atoms with Crippen molar-refractivity contribution in [3.8, 4) is 0 Å². The van der Waals surface area contributed by atoms with Crippen molar-refractivity contribution in [3.63, 3.8) is 0 Å². The standard InChI is InChI=1S/C62H112O6/c1-4-7-10-13-16-19-22-25-28-29-30-31-32-35-37-40-43-46-49-52-55-61(64)67-58-59(68-62(65)56-53-50-47-44-41-38-34-27-24-21-18-15-12-9-6-3)57-66-60(63)54-51-48-45-42-39-36-33-26-23-20-17-14-11-8-5-2/h9,12,18,21,27,34,41,44,59H,4-8,10-11,13-17,19-20,22-26,28-33,35-40,42-43,45-58H2,1-3H3/b12-9-,21-18-,34-27-,44-41-. The van der Waals surface area contributed by atoms with Crippen molar-refractivity contribution in [2.45, 2.75) is 316 Å². The predicted molar refractivity (Wildman–Crippen MR) is 293 cm³/mol. The quantitative estimate of drug-likeness (QED) is 0.0262. The Hall–Kier alpha value is -2.63. The molecule has 0 radical (unpaired) electrons. The van der Waals surface area contributed by atoms with Gasteiger partial charge in [-0.15, -0.1) is 0 Å². The average Bonchev–Trinajstić information content (AvgIpc) is 3.34. The number of hydrogen-bond acceptors (Lipinski definition) is 6. The third-order valence-electron chi connectivity index (χ3n) is 13.1. The van der Waals surface area contributed by atoms with E-state index in [1.54, 1.807) is 0 Å². The minimum absolute atomic E-state index is 0.0854. The van der Waals surface area contributed by atoms with Gasteiger partial charge in [-0.05, 0) is 57.8 Å². The number of allylic oxidation sites excluding steroid dienone is 8. The largest absolute Gasteiger partial charge is 0.462 e. The normalized spacial score (nSPS) is 12.3. The van der Waals surface area contributed by atoms with E-state index in [9.17, 15) is 14.4 Å². The summed E-state index contributed by atoms with van der Waals surface area (Å²) in [5, 5.41) is 0. The highest BCUT2D eigenvalue weighted by atomic mass is 16.6. The van der Waals surface area contributed by atoms with Gasteiger partial charge >= 0.3 is 17.9 Å². The Labute approximate surface area is 422 Å². The first-order chi connectivity index (χ1) is 33.5. The van der Waals surface area contributed by atoms with Crippen LogP contribution in [-0.4, -0.2) is 37.2 Å². The van der Waals surface area contributed by atoms with Crippen LogP contribution in [0.15, 0.2) is 48.6 Å². The van der Waals surface area contributed by atoms with Gasteiger partial charge in [0.15, 0.2) is 6.10 Å². The fraction of sp³-hybridized carbons (Fsp3) is 0.823. The Morgan fingerprint density at radius 2 is 0.574 bits per heavy atom. The van der Waals surface area contributed by atoms with Crippen LogP contribution in [0.25, 0.3) is 0 Å². The van der Waals surface area contributed by atoms with Gasteiger partial charge in [-0.1, -0.05) is 281 Å². The lowest BCUT2D eigenvalue weighted by Gasteiger charge is -2.18. The SMILES string of the molecule is CC/C=C\C/C=C\C/C=C\C/C=C\CCCCC(=O)OC(COC(=O)CCCCCCCCCCCCCCCCC)COC(=O)CCCCCCCCCCCCCCCCCCCCCC. The maximum absolute atomic E-state index is 12.8. The number of ether oxygens (including phenoxy) is 3. The third-order valence-corrected chi connectivity index (χ3v) is 13.1. The second-order valence-electron chi connectivity index (χ2n) is 19.9. The summed E-state index contributed by atoms with van der Waals surface area (Å²) >= 11 is 0. The van der Waals surface area contributed by atoms with E-state index in [4.69, 9.17) is 14.2 Å². The van der Waals surface area contributed by atoms with Crippen molar-refractivity contribution < 1.29 is 28.6 Å². The predicted octanol–water partition coefficient (Wildman–Crippen LogP) is 19.8. The molecule has 0 rings (SSSR count). The maximum atomic E-state index is 12.8. The van der Waals surface area contributed by atoms with Crippen molar-refractivity contribution in [1.82, 2.24) is 0 Å². The molecule has 0 aromatic carbocycles. The molecule has 0 fully saturated rings. The number of carbonyl (C=O) groups excluding carboxylic acids is 3. The molecule has 6 heteroatoms. The summed E-state index contributed by atoms with van der Waals surface area (Å²) in [6.45, 7) is 6.54. The summed E-state index contributed by atoms with van der Waals surface area (Å²) in [6.07, 6.45) is 69.7. The summed E-state index contributed by atoms with van der Waals surface area (Å²) in [5.41, 5.74) is 0. The molecule has 6 nitrogen and oxygen atoms in total. The summed E-state index contributed by atoms with van der Waals surface area (Å²) < 4.78 is 16.9. The maximum Gasteiger partial charge on any atom is 0.306 e. The van der Waals surface area contributed by atoms with E-state index in [1.807, 2.05) is 0 Å². The van der Waals surface area contributed by atoms with Crippen LogP contribution in [0.3, 0.4) is 0 Å². The molecule has 0 saturated heterocycles. The van der Waals surface area contributed by atoms with Crippen LogP contribution < -0.4 is 0 Å². The van der Waals surface area contributed by atoms with E-state index in [0.717, 1.165) is 77.0 Å². The average molecular weight is 954 g/mol. The van der Waals surface area contributed by atoms with E-state index in [-0.39, 0.29) is 37.5 Å². The molecular weight excluding hydrogens is 841 g/mol. The molecule has 0 aliphatic rings. The summed E-state index contributed by atoms with van der Waals surface area (Å²) in [4.78, 5) is 38.2.